The molecule has 0 aliphatic heterocycles. The van der Waals surface area contributed by atoms with Crippen molar-refractivity contribution < 1.29 is 19.0 Å². The third kappa shape index (κ3) is 4.88. The fraction of sp³-hybridized carbons (Fsp3) is 0.429. The molecule has 1 rings (SSSR count). The van der Waals surface area contributed by atoms with Gasteiger partial charge in [-0.3, -0.25) is 4.79 Å². The van der Waals surface area contributed by atoms with Crippen molar-refractivity contribution in [3.8, 4) is 17.6 Å². The summed E-state index contributed by atoms with van der Waals surface area (Å²) in [5.41, 5.74) is 0.519. The quantitative estimate of drug-likeness (QED) is 0.557. The lowest BCUT2D eigenvalue weighted by Gasteiger charge is -2.11. The molecule has 0 fully saturated rings. The first-order valence-electron chi connectivity index (χ1n) is 6.07. The van der Waals surface area contributed by atoms with Crippen molar-refractivity contribution in [2.75, 3.05) is 20.3 Å². The van der Waals surface area contributed by atoms with Gasteiger partial charge in [0.2, 0.25) is 0 Å². The zero-order valence-electron chi connectivity index (χ0n) is 11.1. The van der Waals surface area contributed by atoms with E-state index in [0.717, 1.165) is 0 Å². The minimum absolute atomic E-state index is 0.256. The monoisotopic (exact) mass is 263 g/mol. The summed E-state index contributed by atoms with van der Waals surface area (Å²) >= 11 is 0. The van der Waals surface area contributed by atoms with Crippen LogP contribution in [0.2, 0.25) is 0 Å². The van der Waals surface area contributed by atoms with Crippen molar-refractivity contribution in [3.63, 3.8) is 0 Å². The highest BCUT2D eigenvalue weighted by Crippen LogP contribution is 2.28. The lowest BCUT2D eigenvalue weighted by Crippen LogP contribution is -2.05. The molecule has 1 aromatic rings. The van der Waals surface area contributed by atoms with Crippen LogP contribution in [0.4, 0.5) is 0 Å². The van der Waals surface area contributed by atoms with Crippen LogP contribution < -0.4 is 9.47 Å². The minimum Gasteiger partial charge on any atom is -0.490 e. The molecule has 0 spiro atoms. The number of rotatable bonds is 7. The number of benzene rings is 1. The molecule has 0 heterocycles. The van der Waals surface area contributed by atoms with E-state index < -0.39 is 0 Å². The van der Waals surface area contributed by atoms with Crippen LogP contribution in [0.5, 0.6) is 11.5 Å². The summed E-state index contributed by atoms with van der Waals surface area (Å²) in [7, 11) is 1.36. The summed E-state index contributed by atoms with van der Waals surface area (Å²) in [5.74, 6) is 0.860. The average molecular weight is 263 g/mol. The Bertz CT molecular complexity index is 465. The molecule has 0 saturated carbocycles. The SMILES string of the molecule is CCOc1cc(C#N)ccc1OCCCC(=O)OC. The number of nitriles is 1. The third-order valence-corrected chi connectivity index (χ3v) is 2.38. The van der Waals surface area contributed by atoms with E-state index in [-0.39, 0.29) is 5.97 Å². The van der Waals surface area contributed by atoms with Crippen LogP contribution in [-0.4, -0.2) is 26.3 Å². The second kappa shape index (κ2) is 7.98. The number of carbonyl (C=O) groups is 1. The van der Waals surface area contributed by atoms with Gasteiger partial charge in [0.1, 0.15) is 0 Å². The number of methoxy groups -OCH3 is 1. The van der Waals surface area contributed by atoms with Gasteiger partial charge in [0.15, 0.2) is 11.5 Å². The van der Waals surface area contributed by atoms with E-state index >= 15 is 0 Å². The fourth-order valence-corrected chi connectivity index (χ4v) is 1.47. The summed E-state index contributed by atoms with van der Waals surface area (Å²) in [4.78, 5) is 10.9. The Morgan fingerprint density at radius 3 is 2.74 bits per heavy atom. The van der Waals surface area contributed by atoms with Gasteiger partial charge in [0.25, 0.3) is 0 Å². The van der Waals surface area contributed by atoms with Crippen molar-refractivity contribution >= 4 is 5.97 Å². The fourth-order valence-electron chi connectivity index (χ4n) is 1.47. The molecule has 1 aromatic carbocycles. The molecular formula is C14H17NO4. The highest BCUT2D eigenvalue weighted by atomic mass is 16.5. The summed E-state index contributed by atoms with van der Waals surface area (Å²) in [6.45, 7) is 2.74. The molecule has 0 aliphatic rings. The summed E-state index contributed by atoms with van der Waals surface area (Å²) in [5, 5.41) is 8.83. The van der Waals surface area contributed by atoms with Crippen LogP contribution in [0.3, 0.4) is 0 Å². The predicted octanol–water partition coefficient (Wildman–Crippen LogP) is 2.29. The molecule has 19 heavy (non-hydrogen) atoms. The highest BCUT2D eigenvalue weighted by Gasteiger charge is 2.07. The maximum Gasteiger partial charge on any atom is 0.305 e. The first kappa shape index (κ1) is 14.8. The molecule has 0 N–H and O–H groups in total. The molecule has 0 aromatic heterocycles. The second-order valence-corrected chi connectivity index (χ2v) is 3.73. The first-order chi connectivity index (χ1) is 9.21. The zero-order valence-corrected chi connectivity index (χ0v) is 11.1. The third-order valence-electron chi connectivity index (χ3n) is 2.38. The maximum absolute atomic E-state index is 10.9. The Kier molecular flexibility index (Phi) is 6.23. The van der Waals surface area contributed by atoms with Crippen molar-refractivity contribution in [1.29, 1.82) is 5.26 Å². The molecular weight excluding hydrogens is 246 g/mol. The molecule has 0 bridgehead atoms. The Balaban J connectivity index is 2.57. The second-order valence-electron chi connectivity index (χ2n) is 3.73. The largest absolute Gasteiger partial charge is 0.490 e. The van der Waals surface area contributed by atoms with Gasteiger partial charge in [-0.1, -0.05) is 0 Å². The number of esters is 1. The Hall–Kier alpha value is -2.22. The van der Waals surface area contributed by atoms with Crippen LogP contribution in [0.15, 0.2) is 18.2 Å². The van der Waals surface area contributed by atoms with E-state index in [9.17, 15) is 4.79 Å². The van der Waals surface area contributed by atoms with Gasteiger partial charge >= 0.3 is 5.97 Å². The highest BCUT2D eigenvalue weighted by molar-refractivity contribution is 5.69. The van der Waals surface area contributed by atoms with E-state index in [2.05, 4.69) is 4.74 Å². The normalized spacial score (nSPS) is 9.53. The van der Waals surface area contributed by atoms with Crippen LogP contribution >= 0.6 is 0 Å². The van der Waals surface area contributed by atoms with Crippen LogP contribution in [0.1, 0.15) is 25.3 Å². The van der Waals surface area contributed by atoms with E-state index in [1.165, 1.54) is 7.11 Å². The molecule has 102 valence electrons. The van der Waals surface area contributed by atoms with Crippen LogP contribution in [0, 0.1) is 11.3 Å². The number of ether oxygens (including phenoxy) is 3. The Morgan fingerprint density at radius 2 is 2.11 bits per heavy atom. The molecule has 0 amide bonds. The van der Waals surface area contributed by atoms with Gasteiger partial charge in [-0.15, -0.1) is 0 Å². The van der Waals surface area contributed by atoms with Crippen LogP contribution in [-0.2, 0) is 9.53 Å². The molecule has 0 saturated heterocycles. The van der Waals surface area contributed by atoms with Gasteiger partial charge in [-0.05, 0) is 25.5 Å². The van der Waals surface area contributed by atoms with E-state index in [0.29, 0.717) is 43.1 Å². The standard InChI is InChI=1S/C14H17NO4/c1-3-18-13-9-11(10-15)6-7-12(13)19-8-4-5-14(16)17-2/h6-7,9H,3-5,8H2,1-2H3. The van der Waals surface area contributed by atoms with Crippen molar-refractivity contribution in [2.45, 2.75) is 19.8 Å². The molecule has 0 unspecified atom stereocenters. The molecule has 0 radical (unpaired) electrons. The number of hydrogen-bond acceptors (Lipinski definition) is 5. The molecule has 0 atom stereocenters. The Labute approximate surface area is 112 Å². The Morgan fingerprint density at radius 1 is 1.32 bits per heavy atom. The number of nitrogens with zero attached hydrogens (tertiary/aromatic N) is 1. The van der Waals surface area contributed by atoms with E-state index in [1.54, 1.807) is 18.2 Å². The minimum atomic E-state index is -0.256. The zero-order chi connectivity index (χ0) is 14.1. The van der Waals surface area contributed by atoms with E-state index in [1.807, 2.05) is 13.0 Å². The van der Waals surface area contributed by atoms with E-state index in [4.69, 9.17) is 14.7 Å². The molecule has 0 aliphatic carbocycles. The summed E-state index contributed by atoms with van der Waals surface area (Å²) < 4.78 is 15.5. The van der Waals surface area contributed by atoms with Crippen molar-refractivity contribution in [3.05, 3.63) is 23.8 Å². The van der Waals surface area contributed by atoms with Gasteiger partial charge < -0.3 is 14.2 Å². The van der Waals surface area contributed by atoms with Gasteiger partial charge in [0.05, 0.1) is 32.0 Å². The lowest BCUT2D eigenvalue weighted by atomic mass is 10.2. The summed E-state index contributed by atoms with van der Waals surface area (Å²) in [6, 6.07) is 7.05. The summed E-state index contributed by atoms with van der Waals surface area (Å²) in [6.07, 6.45) is 0.884. The molecule has 5 nitrogen and oxygen atoms in total. The van der Waals surface area contributed by atoms with Crippen LogP contribution in [0.25, 0.3) is 0 Å². The average Bonchev–Trinajstić information content (AvgIpc) is 2.44. The topological polar surface area (TPSA) is 68.5 Å². The van der Waals surface area contributed by atoms with Crippen molar-refractivity contribution in [2.24, 2.45) is 0 Å². The van der Waals surface area contributed by atoms with Gasteiger partial charge in [-0.2, -0.15) is 5.26 Å². The maximum atomic E-state index is 10.9. The molecule has 5 heteroatoms. The first-order valence-corrected chi connectivity index (χ1v) is 6.07. The van der Waals surface area contributed by atoms with Gasteiger partial charge in [0, 0.05) is 12.5 Å². The smallest absolute Gasteiger partial charge is 0.305 e. The van der Waals surface area contributed by atoms with Crippen molar-refractivity contribution in [1.82, 2.24) is 0 Å². The number of carbonyl (C=O) groups excluding carboxylic acids is 1. The predicted molar refractivity (Wildman–Crippen MR) is 69.1 cm³/mol. The lowest BCUT2D eigenvalue weighted by molar-refractivity contribution is -0.140. The van der Waals surface area contributed by atoms with Gasteiger partial charge in [-0.25, -0.2) is 0 Å². The number of hydrogen-bond donors (Lipinski definition) is 0.